The van der Waals surface area contributed by atoms with Gasteiger partial charge in [0.15, 0.2) is 0 Å². The van der Waals surface area contributed by atoms with Crippen molar-refractivity contribution < 1.29 is 9.84 Å². The summed E-state index contributed by atoms with van der Waals surface area (Å²) in [6.07, 6.45) is 2.20. The fourth-order valence-electron chi connectivity index (χ4n) is 1.94. The average Bonchev–Trinajstić information content (AvgIpc) is 3.32. The molecule has 4 N–H and O–H groups in total. The molecule has 6 heteroatoms. The molecule has 1 aliphatic carbocycles. The van der Waals surface area contributed by atoms with Crippen molar-refractivity contribution in [2.75, 3.05) is 5.43 Å². The van der Waals surface area contributed by atoms with Crippen molar-refractivity contribution in [3.8, 4) is 11.6 Å². The summed E-state index contributed by atoms with van der Waals surface area (Å²) < 4.78 is 5.75. The van der Waals surface area contributed by atoms with Gasteiger partial charge >= 0.3 is 0 Å². The Labute approximate surface area is 116 Å². The van der Waals surface area contributed by atoms with Crippen molar-refractivity contribution in [1.82, 2.24) is 9.97 Å². The predicted octanol–water partition coefficient (Wildman–Crippen LogP) is 1.92. The zero-order chi connectivity index (χ0) is 13.9. The highest BCUT2D eigenvalue weighted by molar-refractivity contribution is 5.41. The van der Waals surface area contributed by atoms with Gasteiger partial charge in [0.2, 0.25) is 5.88 Å². The molecule has 0 saturated heterocycles. The molecule has 1 aromatic heterocycles. The first kappa shape index (κ1) is 12.8. The third-order valence-electron chi connectivity index (χ3n) is 3.17. The smallest absolute Gasteiger partial charge is 0.224 e. The number of nitrogen functional groups attached to an aromatic ring is 1. The highest BCUT2D eigenvalue weighted by Crippen LogP contribution is 2.39. The van der Waals surface area contributed by atoms with E-state index in [2.05, 4.69) is 15.4 Å². The molecule has 1 heterocycles. The van der Waals surface area contributed by atoms with Gasteiger partial charge in [-0.1, -0.05) is 18.2 Å². The Morgan fingerprint density at radius 2 is 2.10 bits per heavy atom. The van der Waals surface area contributed by atoms with Crippen LogP contribution in [-0.4, -0.2) is 15.1 Å². The van der Waals surface area contributed by atoms with Crippen molar-refractivity contribution in [2.45, 2.75) is 25.4 Å². The van der Waals surface area contributed by atoms with E-state index in [1.54, 1.807) is 18.2 Å². The second-order valence-electron chi connectivity index (χ2n) is 4.74. The molecule has 0 unspecified atom stereocenters. The monoisotopic (exact) mass is 272 g/mol. The van der Waals surface area contributed by atoms with E-state index in [1.807, 2.05) is 12.1 Å². The summed E-state index contributed by atoms with van der Waals surface area (Å²) in [6.45, 7) is -0.0846. The van der Waals surface area contributed by atoms with Crippen LogP contribution in [0.2, 0.25) is 0 Å². The molecule has 3 rings (SSSR count). The first-order valence-electron chi connectivity index (χ1n) is 6.52. The number of nitrogens with zero attached hydrogens (tertiary/aromatic N) is 2. The topological polar surface area (TPSA) is 93.3 Å². The molecule has 1 aliphatic rings. The molecule has 20 heavy (non-hydrogen) atoms. The molecule has 0 radical (unpaired) electrons. The lowest BCUT2D eigenvalue weighted by Gasteiger charge is -2.11. The molecule has 1 saturated carbocycles. The second-order valence-corrected chi connectivity index (χ2v) is 4.74. The van der Waals surface area contributed by atoms with Gasteiger partial charge in [0.25, 0.3) is 0 Å². The number of hydrogen-bond acceptors (Lipinski definition) is 6. The Hall–Kier alpha value is -2.18. The minimum Gasteiger partial charge on any atom is -0.438 e. The zero-order valence-corrected chi connectivity index (χ0v) is 10.9. The molecule has 1 aromatic carbocycles. The lowest BCUT2D eigenvalue weighted by atomic mass is 10.2. The van der Waals surface area contributed by atoms with Crippen molar-refractivity contribution in [1.29, 1.82) is 0 Å². The maximum atomic E-state index is 9.30. The predicted molar refractivity (Wildman–Crippen MR) is 74.3 cm³/mol. The summed E-state index contributed by atoms with van der Waals surface area (Å²) in [5, 5.41) is 9.30. The van der Waals surface area contributed by atoms with Gasteiger partial charge in [-0.3, -0.25) is 0 Å². The summed E-state index contributed by atoms with van der Waals surface area (Å²) in [5.41, 5.74) is 3.23. The van der Waals surface area contributed by atoms with Crippen molar-refractivity contribution in [3.63, 3.8) is 0 Å². The number of anilines is 1. The number of hydrazine groups is 1. The van der Waals surface area contributed by atoms with Gasteiger partial charge in [0.1, 0.15) is 17.4 Å². The van der Waals surface area contributed by atoms with E-state index < -0.39 is 0 Å². The number of aliphatic hydroxyl groups excluding tert-OH is 1. The molecule has 6 nitrogen and oxygen atoms in total. The van der Waals surface area contributed by atoms with Crippen LogP contribution in [0, 0.1) is 0 Å². The third-order valence-corrected chi connectivity index (χ3v) is 3.17. The van der Waals surface area contributed by atoms with Crippen LogP contribution >= 0.6 is 0 Å². The number of aliphatic hydroxyl groups is 1. The summed E-state index contributed by atoms with van der Waals surface area (Å²) in [4.78, 5) is 8.73. The maximum Gasteiger partial charge on any atom is 0.224 e. The van der Waals surface area contributed by atoms with Crippen LogP contribution in [-0.2, 0) is 6.61 Å². The lowest BCUT2D eigenvalue weighted by Crippen LogP contribution is -2.10. The van der Waals surface area contributed by atoms with Crippen LogP contribution in [0.5, 0.6) is 11.6 Å². The van der Waals surface area contributed by atoms with Crippen LogP contribution in [0.4, 0.5) is 5.82 Å². The number of para-hydroxylation sites is 1. The third kappa shape index (κ3) is 2.71. The van der Waals surface area contributed by atoms with Crippen LogP contribution in [0.25, 0.3) is 0 Å². The van der Waals surface area contributed by atoms with Gasteiger partial charge in [0, 0.05) is 17.5 Å². The molecule has 0 bridgehead atoms. The van der Waals surface area contributed by atoms with E-state index in [4.69, 9.17) is 10.6 Å². The zero-order valence-electron chi connectivity index (χ0n) is 10.9. The number of nitrogens with two attached hydrogens (primary N) is 1. The molecular formula is C14H16N4O2. The molecule has 2 aromatic rings. The molecule has 1 fully saturated rings. The van der Waals surface area contributed by atoms with Crippen molar-refractivity contribution in [2.24, 2.45) is 5.84 Å². The largest absolute Gasteiger partial charge is 0.438 e. The first-order chi connectivity index (χ1) is 9.80. The van der Waals surface area contributed by atoms with Crippen LogP contribution < -0.4 is 16.0 Å². The number of nitrogens with one attached hydrogen (secondary N) is 1. The summed E-state index contributed by atoms with van der Waals surface area (Å²) >= 11 is 0. The highest BCUT2D eigenvalue weighted by atomic mass is 16.5. The van der Waals surface area contributed by atoms with Crippen LogP contribution in [0.3, 0.4) is 0 Å². The van der Waals surface area contributed by atoms with E-state index in [0.717, 1.165) is 18.7 Å². The fraction of sp³-hybridized carbons (Fsp3) is 0.286. The Balaban J connectivity index is 1.91. The van der Waals surface area contributed by atoms with E-state index in [1.165, 1.54) is 0 Å². The van der Waals surface area contributed by atoms with Gasteiger partial charge in [-0.25, -0.2) is 10.8 Å². The second kappa shape index (κ2) is 5.44. The van der Waals surface area contributed by atoms with Crippen LogP contribution in [0.15, 0.2) is 30.3 Å². The van der Waals surface area contributed by atoms with E-state index in [-0.39, 0.29) is 6.61 Å². The van der Waals surface area contributed by atoms with Crippen molar-refractivity contribution >= 4 is 5.82 Å². The number of hydrogen-bond donors (Lipinski definition) is 3. The molecule has 0 spiro atoms. The summed E-state index contributed by atoms with van der Waals surface area (Å²) in [7, 11) is 0. The van der Waals surface area contributed by atoms with E-state index in [9.17, 15) is 5.11 Å². The van der Waals surface area contributed by atoms with Gasteiger partial charge < -0.3 is 15.3 Å². The Morgan fingerprint density at radius 3 is 2.80 bits per heavy atom. The van der Waals surface area contributed by atoms with Crippen molar-refractivity contribution in [3.05, 3.63) is 41.7 Å². The number of ether oxygens (including phenoxy) is 1. The minimum atomic E-state index is -0.0846. The molecule has 104 valence electrons. The number of benzene rings is 1. The summed E-state index contributed by atoms with van der Waals surface area (Å²) in [5.74, 6) is 8.11. The molecular weight excluding hydrogens is 256 g/mol. The van der Waals surface area contributed by atoms with E-state index >= 15 is 0 Å². The van der Waals surface area contributed by atoms with Gasteiger partial charge in [-0.2, -0.15) is 4.98 Å². The number of aromatic nitrogens is 2. The number of rotatable bonds is 5. The minimum absolute atomic E-state index is 0.0846. The SMILES string of the molecule is NNc1cc(Oc2ccccc2CO)nc(C2CC2)n1. The molecule has 0 amide bonds. The Kier molecular flexibility index (Phi) is 3.49. The Morgan fingerprint density at radius 1 is 1.30 bits per heavy atom. The Bertz CT molecular complexity index is 614. The first-order valence-corrected chi connectivity index (χ1v) is 6.52. The lowest BCUT2D eigenvalue weighted by molar-refractivity contribution is 0.276. The quantitative estimate of drug-likeness (QED) is 0.569. The van der Waals surface area contributed by atoms with Crippen LogP contribution in [0.1, 0.15) is 30.1 Å². The molecule has 0 aliphatic heterocycles. The van der Waals surface area contributed by atoms with Gasteiger partial charge in [-0.05, 0) is 18.9 Å². The summed E-state index contributed by atoms with van der Waals surface area (Å²) in [6, 6.07) is 8.93. The van der Waals surface area contributed by atoms with E-state index in [0.29, 0.717) is 28.9 Å². The standard InChI is InChI=1S/C14H16N4O2/c15-18-12-7-13(17-14(16-12)9-5-6-9)20-11-4-2-1-3-10(11)8-19/h1-4,7,9,19H,5-6,8,15H2,(H,16,17,18). The fourth-order valence-corrected chi connectivity index (χ4v) is 1.94. The average molecular weight is 272 g/mol. The molecule has 0 atom stereocenters. The van der Waals surface area contributed by atoms with Gasteiger partial charge in [0.05, 0.1) is 6.61 Å². The maximum absolute atomic E-state index is 9.30. The van der Waals surface area contributed by atoms with Gasteiger partial charge in [-0.15, -0.1) is 0 Å². The highest BCUT2D eigenvalue weighted by Gasteiger charge is 2.27. The normalized spacial score (nSPS) is 14.1.